The molecular weight excluding hydrogens is 492 g/mol. The van der Waals surface area contributed by atoms with Gasteiger partial charge in [-0.25, -0.2) is 10.2 Å². The van der Waals surface area contributed by atoms with E-state index in [1.165, 1.54) is 20.4 Å². The second-order valence-electron chi connectivity index (χ2n) is 6.56. The van der Waals surface area contributed by atoms with Crippen molar-refractivity contribution in [1.82, 2.24) is 5.43 Å². The van der Waals surface area contributed by atoms with Crippen LogP contribution in [0.4, 0.5) is 0 Å². The molecule has 0 unspecified atom stereocenters. The molecule has 0 aromatic heterocycles. The largest absolute Gasteiger partial charge is 0.493 e. The van der Waals surface area contributed by atoms with Crippen LogP contribution in [-0.4, -0.2) is 38.9 Å². The van der Waals surface area contributed by atoms with Crippen molar-refractivity contribution < 1.29 is 28.5 Å². The molecular formula is C24H21BrN2O6. The van der Waals surface area contributed by atoms with Crippen molar-refractivity contribution in [2.45, 2.75) is 0 Å². The minimum atomic E-state index is -0.532. The van der Waals surface area contributed by atoms with E-state index in [1.807, 2.05) is 12.1 Å². The number of hydrogen-bond acceptors (Lipinski definition) is 7. The fourth-order valence-electron chi connectivity index (χ4n) is 2.64. The maximum atomic E-state index is 12.4. The highest BCUT2D eigenvalue weighted by Crippen LogP contribution is 2.28. The highest BCUT2D eigenvalue weighted by molar-refractivity contribution is 9.10. The number of esters is 1. The smallest absolute Gasteiger partial charge is 0.343 e. The monoisotopic (exact) mass is 512 g/mol. The van der Waals surface area contributed by atoms with Gasteiger partial charge in [-0.15, -0.1) is 0 Å². The van der Waals surface area contributed by atoms with Gasteiger partial charge < -0.3 is 18.9 Å². The number of carbonyl (C=O) groups is 2. The summed E-state index contributed by atoms with van der Waals surface area (Å²) < 4.78 is 22.0. The van der Waals surface area contributed by atoms with Crippen LogP contribution in [0.5, 0.6) is 23.0 Å². The van der Waals surface area contributed by atoms with E-state index in [1.54, 1.807) is 54.6 Å². The Morgan fingerprint density at radius 2 is 1.58 bits per heavy atom. The number of carbonyl (C=O) groups excluding carboxylic acids is 2. The van der Waals surface area contributed by atoms with Crippen molar-refractivity contribution in [3.63, 3.8) is 0 Å². The summed E-state index contributed by atoms with van der Waals surface area (Å²) in [4.78, 5) is 24.2. The normalized spacial score (nSPS) is 10.5. The fourth-order valence-corrected chi connectivity index (χ4v) is 2.91. The number of benzene rings is 3. The van der Waals surface area contributed by atoms with E-state index in [4.69, 9.17) is 18.9 Å². The van der Waals surface area contributed by atoms with Crippen molar-refractivity contribution >= 4 is 34.0 Å². The zero-order chi connectivity index (χ0) is 23.6. The summed E-state index contributed by atoms with van der Waals surface area (Å²) in [6.07, 6.45) is 1.47. The molecule has 0 aliphatic heterocycles. The van der Waals surface area contributed by atoms with E-state index >= 15 is 0 Å². The molecule has 33 heavy (non-hydrogen) atoms. The summed E-state index contributed by atoms with van der Waals surface area (Å²) in [5, 5.41) is 3.90. The van der Waals surface area contributed by atoms with E-state index in [-0.39, 0.29) is 6.61 Å². The Morgan fingerprint density at radius 1 is 0.909 bits per heavy atom. The predicted molar refractivity (Wildman–Crippen MR) is 126 cm³/mol. The summed E-state index contributed by atoms with van der Waals surface area (Å²) in [6, 6.07) is 18.6. The first kappa shape index (κ1) is 23.8. The Hall–Kier alpha value is -3.85. The molecule has 170 valence electrons. The Bertz CT molecular complexity index is 1130. The third kappa shape index (κ3) is 7.08. The van der Waals surface area contributed by atoms with Gasteiger partial charge in [-0.1, -0.05) is 15.9 Å². The number of hydrazone groups is 1. The molecule has 0 heterocycles. The average Bonchev–Trinajstić information content (AvgIpc) is 2.84. The lowest BCUT2D eigenvalue weighted by Crippen LogP contribution is -2.24. The van der Waals surface area contributed by atoms with Crippen molar-refractivity contribution in [3.05, 3.63) is 82.3 Å². The van der Waals surface area contributed by atoms with Gasteiger partial charge in [0.2, 0.25) is 0 Å². The van der Waals surface area contributed by atoms with Gasteiger partial charge in [0, 0.05) is 4.47 Å². The van der Waals surface area contributed by atoms with Crippen LogP contribution in [0.25, 0.3) is 0 Å². The van der Waals surface area contributed by atoms with Gasteiger partial charge in [-0.2, -0.15) is 5.10 Å². The molecule has 0 aliphatic carbocycles. The minimum absolute atomic E-state index is 0.163. The number of rotatable bonds is 9. The Kier molecular flexibility index (Phi) is 8.43. The average molecular weight is 513 g/mol. The summed E-state index contributed by atoms with van der Waals surface area (Å²) in [5.74, 6) is 0.965. The molecule has 0 spiro atoms. The van der Waals surface area contributed by atoms with Gasteiger partial charge in [-0.05, 0) is 72.3 Å². The molecule has 0 fully saturated rings. The molecule has 0 aliphatic rings. The lowest BCUT2D eigenvalue weighted by atomic mass is 10.2. The molecule has 0 radical (unpaired) electrons. The van der Waals surface area contributed by atoms with Crippen molar-refractivity contribution in [3.8, 4) is 23.0 Å². The fraction of sp³-hybridized carbons (Fsp3) is 0.125. The number of methoxy groups -OCH3 is 2. The summed E-state index contributed by atoms with van der Waals surface area (Å²) in [6.45, 7) is -0.163. The van der Waals surface area contributed by atoms with Gasteiger partial charge in [-0.3, -0.25) is 4.79 Å². The van der Waals surface area contributed by atoms with Crippen molar-refractivity contribution in [1.29, 1.82) is 0 Å². The molecule has 3 rings (SSSR count). The van der Waals surface area contributed by atoms with Crippen LogP contribution in [-0.2, 0) is 4.79 Å². The first-order valence-electron chi connectivity index (χ1n) is 9.73. The van der Waals surface area contributed by atoms with E-state index in [0.29, 0.717) is 34.1 Å². The van der Waals surface area contributed by atoms with E-state index in [0.717, 1.165) is 4.47 Å². The highest BCUT2D eigenvalue weighted by atomic mass is 79.9. The van der Waals surface area contributed by atoms with Gasteiger partial charge in [0.15, 0.2) is 18.1 Å². The summed E-state index contributed by atoms with van der Waals surface area (Å²) >= 11 is 3.33. The van der Waals surface area contributed by atoms with Crippen LogP contribution < -0.4 is 24.4 Å². The zero-order valence-electron chi connectivity index (χ0n) is 17.9. The van der Waals surface area contributed by atoms with E-state index in [2.05, 4.69) is 26.5 Å². The molecule has 1 N–H and O–H groups in total. The Balaban J connectivity index is 1.49. The molecule has 9 heteroatoms. The number of hydrogen-bond donors (Lipinski definition) is 1. The van der Waals surface area contributed by atoms with Crippen LogP contribution in [0, 0.1) is 0 Å². The second kappa shape index (κ2) is 11.7. The van der Waals surface area contributed by atoms with Crippen molar-refractivity contribution in [2.75, 3.05) is 20.8 Å². The first-order valence-corrected chi connectivity index (χ1v) is 10.5. The van der Waals surface area contributed by atoms with Crippen LogP contribution >= 0.6 is 15.9 Å². The molecule has 0 saturated carbocycles. The SMILES string of the molecule is COc1ccc(C(=O)Oc2ccc(/C=N\NC(=O)COc3ccc(Br)cc3)cc2)cc1OC. The number of ether oxygens (including phenoxy) is 4. The van der Waals surface area contributed by atoms with E-state index < -0.39 is 11.9 Å². The van der Waals surface area contributed by atoms with Gasteiger partial charge in [0.25, 0.3) is 5.91 Å². The lowest BCUT2D eigenvalue weighted by Gasteiger charge is -2.09. The molecule has 8 nitrogen and oxygen atoms in total. The maximum absolute atomic E-state index is 12.4. The van der Waals surface area contributed by atoms with Crippen LogP contribution in [0.2, 0.25) is 0 Å². The predicted octanol–water partition coefficient (Wildman–Crippen LogP) is 4.21. The number of nitrogens with one attached hydrogen (secondary N) is 1. The lowest BCUT2D eigenvalue weighted by molar-refractivity contribution is -0.123. The molecule has 0 atom stereocenters. The zero-order valence-corrected chi connectivity index (χ0v) is 19.5. The standard InChI is InChI=1S/C24H21BrN2O6/c1-30-21-12-5-17(13-22(21)31-2)24(29)33-20-8-3-16(4-9-20)14-26-27-23(28)15-32-19-10-6-18(25)7-11-19/h3-14H,15H2,1-2H3,(H,27,28)/b26-14-. The summed E-state index contributed by atoms with van der Waals surface area (Å²) in [7, 11) is 3.01. The molecule has 0 saturated heterocycles. The Morgan fingerprint density at radius 3 is 2.24 bits per heavy atom. The molecule has 3 aromatic carbocycles. The minimum Gasteiger partial charge on any atom is -0.493 e. The number of nitrogens with zero attached hydrogens (tertiary/aromatic N) is 1. The molecule has 3 aromatic rings. The third-order valence-corrected chi connectivity index (χ3v) is 4.82. The number of amides is 1. The van der Waals surface area contributed by atoms with Crippen molar-refractivity contribution in [2.24, 2.45) is 5.10 Å². The second-order valence-corrected chi connectivity index (χ2v) is 7.48. The van der Waals surface area contributed by atoms with Gasteiger partial charge >= 0.3 is 5.97 Å². The van der Waals surface area contributed by atoms with Crippen LogP contribution in [0.1, 0.15) is 15.9 Å². The van der Waals surface area contributed by atoms with Gasteiger partial charge in [0.05, 0.1) is 26.0 Å². The van der Waals surface area contributed by atoms with Gasteiger partial charge in [0.1, 0.15) is 11.5 Å². The Labute approximate surface area is 199 Å². The van der Waals surface area contributed by atoms with E-state index in [9.17, 15) is 9.59 Å². The maximum Gasteiger partial charge on any atom is 0.343 e. The molecule has 1 amide bonds. The highest BCUT2D eigenvalue weighted by Gasteiger charge is 2.13. The third-order valence-electron chi connectivity index (χ3n) is 4.30. The first-order chi connectivity index (χ1) is 16.0. The number of halogens is 1. The molecule has 0 bridgehead atoms. The van der Waals surface area contributed by atoms with Crippen LogP contribution in [0.3, 0.4) is 0 Å². The quantitative estimate of drug-likeness (QED) is 0.199. The van der Waals surface area contributed by atoms with Crippen LogP contribution in [0.15, 0.2) is 76.3 Å². The summed E-state index contributed by atoms with van der Waals surface area (Å²) in [5.41, 5.74) is 3.42. The topological polar surface area (TPSA) is 95.5 Å².